The number of sulfonamides is 1. The van der Waals surface area contributed by atoms with E-state index in [1.807, 2.05) is 4.72 Å². The number of benzene rings is 1. The summed E-state index contributed by atoms with van der Waals surface area (Å²) >= 11 is 0. The highest BCUT2D eigenvalue weighted by Gasteiger charge is 2.27. The lowest BCUT2D eigenvalue weighted by Crippen LogP contribution is -2.38. The van der Waals surface area contributed by atoms with Crippen LogP contribution in [0.25, 0.3) is 0 Å². The molecule has 1 aromatic carbocycles. The predicted octanol–water partition coefficient (Wildman–Crippen LogP) is 0.963. The quantitative estimate of drug-likeness (QED) is 0.616. The summed E-state index contributed by atoms with van der Waals surface area (Å²) in [5.74, 6) is -1.34. The first-order valence-corrected chi connectivity index (χ1v) is 7.05. The van der Waals surface area contributed by atoms with Crippen LogP contribution in [0.4, 0.5) is 5.69 Å². The van der Waals surface area contributed by atoms with Gasteiger partial charge in [0.25, 0.3) is 5.69 Å². The van der Waals surface area contributed by atoms with E-state index in [0.717, 1.165) is 0 Å². The van der Waals surface area contributed by atoms with E-state index in [-0.39, 0.29) is 16.1 Å². The summed E-state index contributed by atoms with van der Waals surface area (Å²) in [4.78, 5) is 20.6. The highest BCUT2D eigenvalue weighted by Crippen LogP contribution is 2.27. The Hall–Kier alpha value is -2.00. The Morgan fingerprint density at radius 2 is 1.95 bits per heavy atom. The second kappa shape index (κ2) is 5.55. The third-order valence-electron chi connectivity index (χ3n) is 2.67. The summed E-state index contributed by atoms with van der Waals surface area (Å²) in [7, 11) is -4.15. The molecule has 0 bridgehead atoms. The van der Waals surface area contributed by atoms with E-state index in [0.29, 0.717) is 5.56 Å². The lowest BCUT2D eigenvalue weighted by Gasteiger charge is -2.13. The number of nitro benzene ring substituents is 1. The molecule has 20 heavy (non-hydrogen) atoms. The highest BCUT2D eigenvalue weighted by molar-refractivity contribution is 7.89. The number of hydrogen-bond donors (Lipinski definition) is 2. The van der Waals surface area contributed by atoms with Gasteiger partial charge in [-0.15, -0.1) is 0 Å². The molecule has 110 valence electrons. The maximum atomic E-state index is 12.1. The van der Waals surface area contributed by atoms with Crippen molar-refractivity contribution in [1.29, 1.82) is 0 Å². The van der Waals surface area contributed by atoms with Gasteiger partial charge in [-0.3, -0.25) is 14.9 Å². The smallest absolute Gasteiger partial charge is 0.321 e. The van der Waals surface area contributed by atoms with Gasteiger partial charge in [0.05, 0.1) is 9.82 Å². The molecule has 8 nitrogen and oxygen atoms in total. The molecule has 1 rings (SSSR count). The Balaban J connectivity index is 3.39. The number of carboxylic acids is 1. The van der Waals surface area contributed by atoms with Crippen LogP contribution in [0.3, 0.4) is 0 Å². The minimum atomic E-state index is -4.15. The van der Waals surface area contributed by atoms with Gasteiger partial charge in [-0.25, -0.2) is 8.42 Å². The molecule has 0 saturated heterocycles. The number of carboxylic acid groups (broad SMARTS) is 1. The molecular weight excluding hydrogens is 288 g/mol. The van der Waals surface area contributed by atoms with Crippen molar-refractivity contribution in [3.63, 3.8) is 0 Å². The standard InChI is InChI=1S/C11H14N2O6S/c1-6-4-9(13(16)17)7(2)10(5-6)20(18,19)12-8(3)11(14)15/h4-5,8,12H,1-3H3,(H,14,15). The van der Waals surface area contributed by atoms with Gasteiger partial charge >= 0.3 is 5.97 Å². The lowest BCUT2D eigenvalue weighted by atomic mass is 10.1. The molecule has 1 atom stereocenters. The molecule has 0 aliphatic carbocycles. The normalized spacial score (nSPS) is 12.9. The van der Waals surface area contributed by atoms with Gasteiger partial charge in [0.2, 0.25) is 10.0 Å². The molecule has 2 N–H and O–H groups in total. The Morgan fingerprint density at radius 3 is 2.40 bits per heavy atom. The van der Waals surface area contributed by atoms with E-state index in [2.05, 4.69) is 0 Å². The van der Waals surface area contributed by atoms with E-state index >= 15 is 0 Å². The van der Waals surface area contributed by atoms with Crippen molar-refractivity contribution < 1.29 is 23.2 Å². The van der Waals surface area contributed by atoms with Crippen molar-refractivity contribution in [3.05, 3.63) is 33.4 Å². The minimum absolute atomic E-state index is 0.0364. The first-order valence-electron chi connectivity index (χ1n) is 5.57. The maximum Gasteiger partial charge on any atom is 0.321 e. The zero-order chi connectivity index (χ0) is 15.7. The van der Waals surface area contributed by atoms with E-state index in [9.17, 15) is 23.3 Å². The lowest BCUT2D eigenvalue weighted by molar-refractivity contribution is -0.385. The first-order chi connectivity index (χ1) is 9.06. The number of carbonyl (C=O) groups is 1. The Bertz CT molecular complexity index is 668. The van der Waals surface area contributed by atoms with Gasteiger partial charge in [-0.05, 0) is 32.4 Å². The van der Waals surface area contributed by atoms with Crippen LogP contribution >= 0.6 is 0 Å². The fourth-order valence-electron chi connectivity index (χ4n) is 1.62. The third-order valence-corrected chi connectivity index (χ3v) is 4.33. The van der Waals surface area contributed by atoms with Gasteiger partial charge in [0.15, 0.2) is 0 Å². The number of aliphatic carboxylic acids is 1. The van der Waals surface area contributed by atoms with Crippen LogP contribution in [0.2, 0.25) is 0 Å². The molecule has 0 aliphatic heterocycles. The van der Waals surface area contributed by atoms with Gasteiger partial charge in [0, 0.05) is 11.6 Å². The molecule has 0 spiro atoms. The van der Waals surface area contributed by atoms with Crippen molar-refractivity contribution in [1.82, 2.24) is 4.72 Å². The fraction of sp³-hybridized carbons (Fsp3) is 0.364. The van der Waals surface area contributed by atoms with Crippen molar-refractivity contribution in [2.24, 2.45) is 0 Å². The van der Waals surface area contributed by atoms with E-state index in [1.165, 1.54) is 32.9 Å². The number of rotatable bonds is 5. The molecule has 0 saturated carbocycles. The highest BCUT2D eigenvalue weighted by atomic mass is 32.2. The SMILES string of the molecule is Cc1cc([N+](=O)[O-])c(C)c(S(=O)(=O)NC(C)C(=O)O)c1. The summed E-state index contributed by atoms with van der Waals surface area (Å²) in [5, 5.41) is 19.6. The van der Waals surface area contributed by atoms with Crippen molar-refractivity contribution >= 4 is 21.7 Å². The van der Waals surface area contributed by atoms with Crippen LogP contribution in [0.5, 0.6) is 0 Å². The van der Waals surface area contributed by atoms with E-state index in [4.69, 9.17) is 5.11 Å². The third kappa shape index (κ3) is 3.31. The zero-order valence-electron chi connectivity index (χ0n) is 11.1. The zero-order valence-corrected chi connectivity index (χ0v) is 11.9. The van der Waals surface area contributed by atoms with Crippen LogP contribution in [0.15, 0.2) is 17.0 Å². The molecule has 0 amide bonds. The van der Waals surface area contributed by atoms with Crippen LogP contribution < -0.4 is 4.72 Å². The van der Waals surface area contributed by atoms with Gasteiger partial charge in [0.1, 0.15) is 6.04 Å². The summed E-state index contributed by atoms with van der Waals surface area (Å²) in [6, 6.07) is 1.19. The molecule has 0 radical (unpaired) electrons. The number of nitrogens with zero attached hydrogens (tertiary/aromatic N) is 1. The molecule has 0 fully saturated rings. The molecule has 0 heterocycles. The number of hydrogen-bond acceptors (Lipinski definition) is 5. The summed E-state index contributed by atoms with van der Waals surface area (Å²) in [6.07, 6.45) is 0. The average Bonchev–Trinajstić information content (AvgIpc) is 2.30. The van der Waals surface area contributed by atoms with Gasteiger partial charge < -0.3 is 5.11 Å². The summed E-state index contributed by atoms with van der Waals surface area (Å²) in [5.41, 5.74) is 0.0321. The Morgan fingerprint density at radius 1 is 1.40 bits per heavy atom. The molecule has 0 aliphatic rings. The average molecular weight is 302 g/mol. The molecule has 9 heteroatoms. The topological polar surface area (TPSA) is 127 Å². The van der Waals surface area contributed by atoms with Crippen LogP contribution in [-0.2, 0) is 14.8 Å². The summed E-state index contributed by atoms with van der Waals surface area (Å²) < 4.78 is 26.2. The second-order valence-electron chi connectivity index (χ2n) is 4.35. The van der Waals surface area contributed by atoms with Gasteiger partial charge in [-0.1, -0.05) is 0 Å². The number of nitro groups is 1. The van der Waals surface area contributed by atoms with E-state index < -0.39 is 27.0 Å². The monoisotopic (exact) mass is 302 g/mol. The van der Waals surface area contributed by atoms with Crippen molar-refractivity contribution in [3.8, 4) is 0 Å². The molecule has 1 aromatic rings. The number of aryl methyl sites for hydroxylation is 1. The Labute approximate surface area is 115 Å². The molecule has 1 unspecified atom stereocenters. The van der Waals surface area contributed by atoms with Crippen LogP contribution in [0, 0.1) is 24.0 Å². The van der Waals surface area contributed by atoms with E-state index in [1.54, 1.807) is 0 Å². The number of nitrogens with one attached hydrogen (secondary N) is 1. The molecular formula is C11H14N2O6S. The van der Waals surface area contributed by atoms with Gasteiger partial charge in [-0.2, -0.15) is 4.72 Å². The minimum Gasteiger partial charge on any atom is -0.480 e. The van der Waals surface area contributed by atoms with Crippen LogP contribution in [-0.4, -0.2) is 30.5 Å². The first kappa shape index (κ1) is 16.1. The molecule has 0 aromatic heterocycles. The Kier molecular flexibility index (Phi) is 4.46. The second-order valence-corrected chi connectivity index (χ2v) is 6.03. The predicted molar refractivity (Wildman–Crippen MR) is 70.0 cm³/mol. The fourth-order valence-corrected chi connectivity index (χ4v) is 3.16. The van der Waals surface area contributed by atoms with Crippen LogP contribution in [0.1, 0.15) is 18.1 Å². The largest absolute Gasteiger partial charge is 0.480 e. The maximum absolute atomic E-state index is 12.1. The van der Waals surface area contributed by atoms with Crippen molar-refractivity contribution in [2.45, 2.75) is 31.7 Å². The van der Waals surface area contributed by atoms with Crippen molar-refractivity contribution in [2.75, 3.05) is 0 Å². The summed E-state index contributed by atoms with van der Waals surface area (Å²) in [6.45, 7) is 3.99.